The van der Waals surface area contributed by atoms with Crippen LogP contribution in [-0.2, 0) is 6.42 Å². The monoisotopic (exact) mass is 268 g/mol. The van der Waals surface area contributed by atoms with Crippen LogP contribution in [0.1, 0.15) is 21.7 Å². The predicted molar refractivity (Wildman–Crippen MR) is 73.1 cm³/mol. The maximum atomic E-state index is 11.0. The number of phenolic OH excluding ortho intramolecular Hbond substituents is 1. The molecule has 0 unspecified atom stereocenters. The highest BCUT2D eigenvalue weighted by molar-refractivity contribution is 5.87. The Kier molecular flexibility index (Phi) is 2.87. The number of aromatic carboxylic acids is 1. The number of aromatic hydroxyl groups is 1. The van der Waals surface area contributed by atoms with Crippen molar-refractivity contribution in [2.24, 2.45) is 0 Å². The number of nitrogens with zero attached hydrogens (tertiary/aromatic N) is 2. The van der Waals surface area contributed by atoms with Gasteiger partial charge < -0.3 is 14.6 Å². The normalized spacial score (nSPS) is 10.8. The van der Waals surface area contributed by atoms with Gasteiger partial charge in [0.1, 0.15) is 11.6 Å². The maximum Gasteiger partial charge on any atom is 0.337 e. The van der Waals surface area contributed by atoms with Gasteiger partial charge in [0.15, 0.2) is 0 Å². The van der Waals surface area contributed by atoms with E-state index in [2.05, 4.69) is 4.98 Å². The molecule has 0 saturated heterocycles. The summed E-state index contributed by atoms with van der Waals surface area (Å²) in [7, 11) is 0. The summed E-state index contributed by atoms with van der Waals surface area (Å²) in [5.74, 6) is 0.0138. The van der Waals surface area contributed by atoms with E-state index in [1.807, 2.05) is 12.1 Å². The molecule has 5 nitrogen and oxygen atoms in total. The zero-order chi connectivity index (χ0) is 14.1. The highest BCUT2D eigenvalue weighted by atomic mass is 16.4. The largest absolute Gasteiger partial charge is 0.508 e. The van der Waals surface area contributed by atoms with Gasteiger partial charge in [-0.05, 0) is 29.8 Å². The Hall–Kier alpha value is -2.82. The number of phenols is 1. The number of hydrogen-bond donors (Lipinski definition) is 2. The van der Waals surface area contributed by atoms with Crippen LogP contribution in [0.3, 0.4) is 0 Å². The van der Waals surface area contributed by atoms with Crippen LogP contribution in [-0.4, -0.2) is 25.6 Å². The van der Waals surface area contributed by atoms with Gasteiger partial charge in [-0.15, -0.1) is 0 Å². The van der Waals surface area contributed by atoms with Crippen LogP contribution < -0.4 is 0 Å². The van der Waals surface area contributed by atoms with E-state index in [1.165, 1.54) is 0 Å². The van der Waals surface area contributed by atoms with Gasteiger partial charge in [0.25, 0.3) is 0 Å². The molecule has 20 heavy (non-hydrogen) atoms. The van der Waals surface area contributed by atoms with Crippen molar-refractivity contribution in [1.29, 1.82) is 0 Å². The van der Waals surface area contributed by atoms with Crippen LogP contribution in [0, 0.1) is 0 Å². The Bertz CT molecular complexity index is 775. The van der Waals surface area contributed by atoms with E-state index in [0.717, 1.165) is 16.9 Å². The number of carbonyl (C=O) groups is 1. The summed E-state index contributed by atoms with van der Waals surface area (Å²) in [4.78, 5) is 15.3. The molecule has 0 amide bonds. The number of rotatable bonds is 3. The van der Waals surface area contributed by atoms with E-state index in [-0.39, 0.29) is 11.3 Å². The number of pyridine rings is 1. The smallest absolute Gasteiger partial charge is 0.337 e. The van der Waals surface area contributed by atoms with Gasteiger partial charge in [0, 0.05) is 12.6 Å². The molecule has 2 heterocycles. The summed E-state index contributed by atoms with van der Waals surface area (Å²) >= 11 is 0. The number of aromatic nitrogens is 2. The van der Waals surface area contributed by atoms with Crippen molar-refractivity contribution in [3.63, 3.8) is 0 Å². The third kappa shape index (κ3) is 2.21. The predicted octanol–water partition coefficient (Wildman–Crippen LogP) is 2.33. The van der Waals surface area contributed by atoms with E-state index >= 15 is 0 Å². The molecule has 3 aromatic rings. The number of benzene rings is 1. The van der Waals surface area contributed by atoms with E-state index in [4.69, 9.17) is 5.11 Å². The standard InChI is InChI=1S/C15H12N2O3/c18-13-5-1-10(2-6-13)7-14-16-8-12-4-3-11(15(19)20)9-17(12)14/h1-6,8-9,18H,7H2,(H,19,20). The lowest BCUT2D eigenvalue weighted by Gasteiger charge is -2.03. The van der Waals surface area contributed by atoms with Crippen LogP contribution in [0.25, 0.3) is 5.52 Å². The van der Waals surface area contributed by atoms with Crippen molar-refractivity contribution >= 4 is 11.5 Å². The Morgan fingerprint density at radius 2 is 1.90 bits per heavy atom. The van der Waals surface area contributed by atoms with Crippen molar-refractivity contribution in [3.05, 3.63) is 65.7 Å². The van der Waals surface area contributed by atoms with Gasteiger partial charge in [-0.3, -0.25) is 0 Å². The van der Waals surface area contributed by atoms with E-state index in [1.54, 1.807) is 41.1 Å². The number of fused-ring (bicyclic) bond motifs is 1. The molecule has 5 heteroatoms. The van der Waals surface area contributed by atoms with Gasteiger partial charge in [-0.25, -0.2) is 9.78 Å². The summed E-state index contributed by atoms with van der Waals surface area (Å²) < 4.78 is 1.77. The molecule has 0 atom stereocenters. The Balaban J connectivity index is 2.00. The Morgan fingerprint density at radius 3 is 2.60 bits per heavy atom. The first-order valence-corrected chi connectivity index (χ1v) is 6.11. The van der Waals surface area contributed by atoms with Crippen LogP contribution in [0.2, 0.25) is 0 Å². The van der Waals surface area contributed by atoms with Gasteiger partial charge in [-0.2, -0.15) is 0 Å². The van der Waals surface area contributed by atoms with Gasteiger partial charge >= 0.3 is 5.97 Å². The van der Waals surface area contributed by atoms with Gasteiger partial charge in [-0.1, -0.05) is 12.1 Å². The molecule has 0 aliphatic heterocycles. The van der Waals surface area contributed by atoms with Crippen molar-refractivity contribution < 1.29 is 15.0 Å². The minimum atomic E-state index is -0.962. The SMILES string of the molecule is O=C(O)c1ccc2cnc(Cc3ccc(O)cc3)n2c1. The zero-order valence-electron chi connectivity index (χ0n) is 10.5. The molecule has 0 saturated carbocycles. The highest BCUT2D eigenvalue weighted by Gasteiger charge is 2.08. The maximum absolute atomic E-state index is 11.0. The summed E-state index contributed by atoms with van der Waals surface area (Å²) in [6.45, 7) is 0. The highest BCUT2D eigenvalue weighted by Crippen LogP contribution is 2.15. The molecule has 0 fully saturated rings. The molecule has 3 rings (SSSR count). The number of imidazole rings is 1. The fourth-order valence-corrected chi connectivity index (χ4v) is 2.10. The molecule has 0 spiro atoms. The fraction of sp³-hybridized carbons (Fsp3) is 0.0667. The second kappa shape index (κ2) is 4.70. The lowest BCUT2D eigenvalue weighted by atomic mass is 10.1. The molecule has 0 aliphatic carbocycles. The summed E-state index contributed by atoms with van der Waals surface area (Å²) in [5, 5.41) is 18.3. The third-order valence-electron chi connectivity index (χ3n) is 3.15. The van der Waals surface area contributed by atoms with Gasteiger partial charge in [0.2, 0.25) is 0 Å². The fourth-order valence-electron chi connectivity index (χ4n) is 2.10. The van der Waals surface area contributed by atoms with Crippen LogP contribution in [0.5, 0.6) is 5.75 Å². The van der Waals surface area contributed by atoms with Crippen LogP contribution in [0.4, 0.5) is 0 Å². The molecule has 100 valence electrons. The summed E-state index contributed by atoms with van der Waals surface area (Å²) in [6, 6.07) is 10.2. The first-order chi connectivity index (χ1) is 9.63. The van der Waals surface area contributed by atoms with Crippen molar-refractivity contribution in [2.45, 2.75) is 6.42 Å². The Morgan fingerprint density at radius 1 is 1.15 bits per heavy atom. The average molecular weight is 268 g/mol. The lowest BCUT2D eigenvalue weighted by Crippen LogP contribution is -2.01. The molecular formula is C15H12N2O3. The molecule has 2 N–H and O–H groups in total. The van der Waals surface area contributed by atoms with Crippen molar-refractivity contribution in [3.8, 4) is 5.75 Å². The number of carboxylic acid groups (broad SMARTS) is 1. The minimum Gasteiger partial charge on any atom is -0.508 e. The molecule has 1 aromatic carbocycles. The molecular weight excluding hydrogens is 256 g/mol. The van der Waals surface area contributed by atoms with E-state index < -0.39 is 5.97 Å². The second-order valence-electron chi connectivity index (χ2n) is 4.54. The summed E-state index contributed by atoms with van der Waals surface area (Å²) in [6.07, 6.45) is 3.85. The average Bonchev–Trinajstić information content (AvgIpc) is 2.84. The first kappa shape index (κ1) is 12.2. The lowest BCUT2D eigenvalue weighted by molar-refractivity contribution is 0.0696. The first-order valence-electron chi connectivity index (χ1n) is 6.11. The van der Waals surface area contributed by atoms with E-state index in [9.17, 15) is 9.90 Å². The van der Waals surface area contributed by atoms with Crippen LogP contribution >= 0.6 is 0 Å². The minimum absolute atomic E-state index is 0.217. The van der Waals surface area contributed by atoms with E-state index in [0.29, 0.717) is 6.42 Å². The second-order valence-corrected chi connectivity index (χ2v) is 4.54. The van der Waals surface area contributed by atoms with Crippen LogP contribution in [0.15, 0.2) is 48.8 Å². The van der Waals surface area contributed by atoms with Gasteiger partial charge in [0.05, 0.1) is 17.3 Å². The number of hydrogen-bond acceptors (Lipinski definition) is 3. The summed E-state index contributed by atoms with van der Waals surface area (Å²) in [5.41, 5.74) is 2.07. The quantitative estimate of drug-likeness (QED) is 0.764. The van der Waals surface area contributed by atoms with Crippen molar-refractivity contribution in [2.75, 3.05) is 0 Å². The molecule has 2 aromatic heterocycles. The molecule has 0 bridgehead atoms. The Labute approximate surface area is 114 Å². The number of carboxylic acids is 1. The van der Waals surface area contributed by atoms with Crippen molar-refractivity contribution in [1.82, 2.24) is 9.38 Å². The third-order valence-corrected chi connectivity index (χ3v) is 3.15. The molecule has 0 aliphatic rings. The topological polar surface area (TPSA) is 74.8 Å². The molecule has 0 radical (unpaired) electrons. The zero-order valence-corrected chi connectivity index (χ0v) is 10.5.